The lowest BCUT2D eigenvalue weighted by Gasteiger charge is -2.33. The molecule has 0 saturated carbocycles. The van der Waals surface area contributed by atoms with E-state index in [2.05, 4.69) is 54.3 Å². The van der Waals surface area contributed by atoms with E-state index < -0.39 is 0 Å². The summed E-state index contributed by atoms with van der Waals surface area (Å²) < 4.78 is 0. The Bertz CT molecular complexity index is 439. The van der Waals surface area contributed by atoms with Gasteiger partial charge in [-0.05, 0) is 32.3 Å². The number of piperidine rings is 1. The largest absolute Gasteiger partial charge is 0.307 e. The van der Waals surface area contributed by atoms with Crippen LogP contribution in [0.2, 0.25) is 0 Å². The number of rotatable bonds is 4. The summed E-state index contributed by atoms with van der Waals surface area (Å²) in [5.41, 5.74) is 2.71. The Kier molecular flexibility index (Phi) is 5.01. The van der Waals surface area contributed by atoms with Crippen molar-refractivity contribution in [3.8, 4) is 12.3 Å². The Morgan fingerprint density at radius 2 is 2.16 bits per heavy atom. The van der Waals surface area contributed by atoms with Crippen LogP contribution in [0.25, 0.3) is 0 Å². The molecule has 2 rings (SSSR count). The third-order valence-corrected chi connectivity index (χ3v) is 3.93. The normalized spacial score (nSPS) is 19.0. The van der Waals surface area contributed by atoms with Crippen molar-refractivity contribution < 1.29 is 0 Å². The molecule has 1 aliphatic rings. The zero-order valence-electron chi connectivity index (χ0n) is 12.0. The van der Waals surface area contributed by atoms with Gasteiger partial charge in [-0.1, -0.05) is 35.7 Å². The molecule has 1 heterocycles. The molecule has 2 nitrogen and oxygen atoms in total. The number of hydrogen-bond donors (Lipinski definition) is 1. The maximum atomic E-state index is 5.36. The van der Waals surface area contributed by atoms with Crippen molar-refractivity contribution in [2.45, 2.75) is 38.8 Å². The highest BCUT2D eigenvalue weighted by molar-refractivity contribution is 5.24. The summed E-state index contributed by atoms with van der Waals surface area (Å²) in [4.78, 5) is 2.36. The molecule has 1 saturated heterocycles. The maximum absolute atomic E-state index is 5.36. The molecular weight excluding hydrogens is 232 g/mol. The SMILES string of the molecule is C#CCN1CCC(N[C@H](C)c2cccc(C)c2)CC1. The third kappa shape index (κ3) is 4.09. The summed E-state index contributed by atoms with van der Waals surface area (Å²) in [6.45, 7) is 7.42. The molecule has 1 N–H and O–H groups in total. The second-order valence-electron chi connectivity index (χ2n) is 5.56. The van der Waals surface area contributed by atoms with Crippen LogP contribution in [0.1, 0.15) is 36.9 Å². The highest BCUT2D eigenvalue weighted by atomic mass is 15.1. The highest BCUT2D eigenvalue weighted by Crippen LogP contribution is 2.18. The minimum atomic E-state index is 0.420. The first-order valence-corrected chi connectivity index (χ1v) is 7.17. The van der Waals surface area contributed by atoms with Gasteiger partial charge in [-0.25, -0.2) is 0 Å². The fourth-order valence-electron chi connectivity index (χ4n) is 2.78. The van der Waals surface area contributed by atoms with Crippen molar-refractivity contribution >= 4 is 0 Å². The van der Waals surface area contributed by atoms with Gasteiger partial charge >= 0.3 is 0 Å². The standard InChI is InChI=1S/C17H24N2/c1-4-10-19-11-8-17(9-12-19)18-15(3)16-7-5-6-14(2)13-16/h1,5-7,13,15,17-18H,8-12H2,2-3H3/t15-/m1/s1. The van der Waals surface area contributed by atoms with Crippen LogP contribution in [0.15, 0.2) is 24.3 Å². The number of terminal acetylenes is 1. The summed E-state index contributed by atoms with van der Waals surface area (Å²) in [5.74, 6) is 2.73. The molecule has 0 unspecified atom stereocenters. The molecule has 2 heteroatoms. The molecule has 0 aromatic heterocycles. The van der Waals surface area contributed by atoms with Gasteiger partial charge in [0.15, 0.2) is 0 Å². The molecule has 0 bridgehead atoms. The van der Waals surface area contributed by atoms with Crippen molar-refractivity contribution in [3.05, 3.63) is 35.4 Å². The lowest BCUT2D eigenvalue weighted by molar-refractivity contribution is 0.211. The Morgan fingerprint density at radius 1 is 1.42 bits per heavy atom. The van der Waals surface area contributed by atoms with Crippen molar-refractivity contribution in [2.75, 3.05) is 19.6 Å². The molecule has 0 spiro atoms. The van der Waals surface area contributed by atoms with E-state index >= 15 is 0 Å². The fraction of sp³-hybridized carbons (Fsp3) is 0.529. The van der Waals surface area contributed by atoms with Crippen LogP contribution in [0.4, 0.5) is 0 Å². The number of aryl methyl sites for hydroxylation is 1. The quantitative estimate of drug-likeness (QED) is 0.833. The van der Waals surface area contributed by atoms with Crippen LogP contribution < -0.4 is 5.32 Å². The number of likely N-dealkylation sites (tertiary alicyclic amines) is 1. The topological polar surface area (TPSA) is 15.3 Å². The number of nitrogens with zero attached hydrogens (tertiary/aromatic N) is 1. The van der Waals surface area contributed by atoms with Crippen molar-refractivity contribution in [3.63, 3.8) is 0 Å². The van der Waals surface area contributed by atoms with Gasteiger partial charge in [-0.15, -0.1) is 6.42 Å². The van der Waals surface area contributed by atoms with Crippen LogP contribution >= 0.6 is 0 Å². The fourth-order valence-corrected chi connectivity index (χ4v) is 2.78. The van der Waals surface area contributed by atoms with E-state index in [1.807, 2.05) is 0 Å². The van der Waals surface area contributed by atoms with Crippen LogP contribution in [0.5, 0.6) is 0 Å². The van der Waals surface area contributed by atoms with Crippen LogP contribution in [-0.2, 0) is 0 Å². The lowest BCUT2D eigenvalue weighted by Crippen LogP contribution is -2.43. The van der Waals surface area contributed by atoms with Crippen molar-refractivity contribution in [1.29, 1.82) is 0 Å². The van der Waals surface area contributed by atoms with E-state index in [0.717, 1.165) is 19.6 Å². The zero-order chi connectivity index (χ0) is 13.7. The molecule has 1 fully saturated rings. The van der Waals surface area contributed by atoms with Gasteiger partial charge in [-0.3, -0.25) is 4.90 Å². The third-order valence-electron chi connectivity index (χ3n) is 3.93. The summed E-state index contributed by atoms with van der Waals surface area (Å²) in [5, 5.41) is 3.75. The van der Waals surface area contributed by atoms with Crippen molar-refractivity contribution in [1.82, 2.24) is 10.2 Å². The van der Waals surface area contributed by atoms with Crippen molar-refractivity contribution in [2.24, 2.45) is 0 Å². The van der Waals surface area contributed by atoms with Gasteiger partial charge in [0.2, 0.25) is 0 Å². The molecule has 1 aromatic carbocycles. The van der Waals surface area contributed by atoms with Gasteiger partial charge < -0.3 is 5.32 Å². The highest BCUT2D eigenvalue weighted by Gasteiger charge is 2.20. The molecule has 0 amide bonds. The van der Waals surface area contributed by atoms with E-state index in [0.29, 0.717) is 12.1 Å². The Morgan fingerprint density at radius 3 is 2.79 bits per heavy atom. The molecule has 102 valence electrons. The Balaban J connectivity index is 1.84. The monoisotopic (exact) mass is 256 g/mol. The van der Waals surface area contributed by atoms with E-state index in [4.69, 9.17) is 6.42 Å². The molecule has 19 heavy (non-hydrogen) atoms. The minimum absolute atomic E-state index is 0.420. The number of nitrogens with one attached hydrogen (secondary N) is 1. The molecule has 1 atom stereocenters. The number of hydrogen-bond acceptors (Lipinski definition) is 2. The van der Waals surface area contributed by atoms with Gasteiger partial charge in [0.05, 0.1) is 6.54 Å². The smallest absolute Gasteiger partial charge is 0.0598 e. The predicted octanol–water partition coefficient (Wildman–Crippen LogP) is 2.74. The first kappa shape index (κ1) is 14.1. The average molecular weight is 256 g/mol. The van der Waals surface area contributed by atoms with Crippen LogP contribution in [0.3, 0.4) is 0 Å². The molecule has 1 aliphatic heterocycles. The van der Waals surface area contributed by atoms with Gasteiger partial charge in [0.25, 0.3) is 0 Å². The average Bonchev–Trinajstić information content (AvgIpc) is 2.41. The first-order valence-electron chi connectivity index (χ1n) is 7.17. The van der Waals surface area contributed by atoms with E-state index in [-0.39, 0.29) is 0 Å². The lowest BCUT2D eigenvalue weighted by atomic mass is 10.0. The summed E-state index contributed by atoms with van der Waals surface area (Å²) >= 11 is 0. The maximum Gasteiger partial charge on any atom is 0.0598 e. The molecule has 0 aliphatic carbocycles. The predicted molar refractivity (Wildman–Crippen MR) is 81.0 cm³/mol. The van der Waals surface area contributed by atoms with Crippen LogP contribution in [0, 0.1) is 19.3 Å². The second kappa shape index (κ2) is 6.75. The minimum Gasteiger partial charge on any atom is -0.307 e. The van der Waals surface area contributed by atoms with Gasteiger partial charge in [0, 0.05) is 25.2 Å². The summed E-state index contributed by atoms with van der Waals surface area (Å²) in [6.07, 6.45) is 7.74. The summed E-state index contributed by atoms with van der Waals surface area (Å²) in [7, 11) is 0. The van der Waals surface area contributed by atoms with E-state index in [1.165, 1.54) is 24.0 Å². The Labute approximate surface area is 117 Å². The molecular formula is C17H24N2. The summed E-state index contributed by atoms with van der Waals surface area (Å²) in [6, 6.07) is 9.80. The van der Waals surface area contributed by atoms with Gasteiger partial charge in [0.1, 0.15) is 0 Å². The van der Waals surface area contributed by atoms with Crippen LogP contribution in [-0.4, -0.2) is 30.6 Å². The van der Waals surface area contributed by atoms with E-state index in [9.17, 15) is 0 Å². The van der Waals surface area contributed by atoms with Gasteiger partial charge in [-0.2, -0.15) is 0 Å². The molecule has 1 aromatic rings. The Hall–Kier alpha value is -1.30. The molecule has 0 radical (unpaired) electrons. The number of benzene rings is 1. The zero-order valence-corrected chi connectivity index (χ0v) is 12.0. The second-order valence-corrected chi connectivity index (χ2v) is 5.56. The first-order chi connectivity index (χ1) is 9.19. The van der Waals surface area contributed by atoms with E-state index in [1.54, 1.807) is 0 Å².